The molecule has 38 heavy (non-hydrogen) atoms. The Morgan fingerprint density at radius 1 is 0.579 bits per heavy atom. The Bertz CT molecular complexity index is 1400. The minimum absolute atomic E-state index is 0.224. The molecule has 0 saturated heterocycles. The topological polar surface area (TPSA) is 65.2 Å². The molecular weight excluding hydrogens is 468 g/mol. The molecule has 0 radical (unpaired) electrons. The quantitative estimate of drug-likeness (QED) is 0.181. The van der Waals surface area contributed by atoms with Gasteiger partial charge in [-0.3, -0.25) is 9.98 Å². The van der Waals surface area contributed by atoms with Gasteiger partial charge in [-0.1, -0.05) is 73.8 Å². The molecular formula is C34H32N2O2. The summed E-state index contributed by atoms with van der Waals surface area (Å²) in [7, 11) is 0. The van der Waals surface area contributed by atoms with Gasteiger partial charge in [0.2, 0.25) is 0 Å². The summed E-state index contributed by atoms with van der Waals surface area (Å²) in [5.41, 5.74) is 9.19. The Labute approximate surface area is 224 Å². The highest BCUT2D eigenvalue weighted by atomic mass is 16.3. The van der Waals surface area contributed by atoms with Gasteiger partial charge >= 0.3 is 0 Å². The Hall–Kier alpha value is -4.70. The number of benzene rings is 4. The molecule has 0 bridgehead atoms. The molecule has 4 aromatic rings. The van der Waals surface area contributed by atoms with E-state index in [1.165, 1.54) is 0 Å². The minimum Gasteiger partial charge on any atom is -0.507 e. The number of aryl methyl sites for hydroxylation is 2. The van der Waals surface area contributed by atoms with Crippen LogP contribution < -0.4 is 0 Å². The second-order valence-corrected chi connectivity index (χ2v) is 9.18. The molecule has 2 N–H and O–H groups in total. The van der Waals surface area contributed by atoms with Crippen LogP contribution in [0.4, 0.5) is 0 Å². The first-order chi connectivity index (χ1) is 18.4. The van der Waals surface area contributed by atoms with Crippen LogP contribution in [0.5, 0.6) is 11.5 Å². The first kappa shape index (κ1) is 26.4. The SMILES string of the molecule is C=Cc1ccc(-c2cc(C)c(O)c(C=NCCN=Cc3cc(-c4ccc(C=C)cc4)cc(C)c3O)c2)cc1. The smallest absolute Gasteiger partial charge is 0.127 e. The summed E-state index contributed by atoms with van der Waals surface area (Å²) in [6, 6.07) is 24.1. The molecule has 0 aliphatic carbocycles. The van der Waals surface area contributed by atoms with Gasteiger partial charge in [0, 0.05) is 23.6 Å². The highest BCUT2D eigenvalue weighted by Crippen LogP contribution is 2.30. The lowest BCUT2D eigenvalue weighted by Gasteiger charge is -2.09. The molecule has 0 aliphatic heterocycles. The number of hydrogen-bond donors (Lipinski definition) is 2. The van der Waals surface area contributed by atoms with Gasteiger partial charge in [-0.25, -0.2) is 0 Å². The standard InChI is InChI=1S/C34H32N2O2/c1-5-25-7-11-27(12-8-25)29-17-23(3)33(37)31(19-29)21-35-15-16-36-22-32-20-30(18-24(4)34(32)38)28-13-9-26(6-2)10-14-28/h5-14,17-22,37-38H,1-2,15-16H2,3-4H3. The Balaban J connectivity index is 1.44. The van der Waals surface area contributed by atoms with Crippen molar-refractivity contribution in [3.05, 3.63) is 119 Å². The van der Waals surface area contributed by atoms with Crippen LogP contribution in [-0.4, -0.2) is 35.7 Å². The Kier molecular flexibility index (Phi) is 8.34. The van der Waals surface area contributed by atoms with E-state index in [0.29, 0.717) is 24.2 Å². The summed E-state index contributed by atoms with van der Waals surface area (Å²) in [5, 5.41) is 21.1. The van der Waals surface area contributed by atoms with E-state index in [4.69, 9.17) is 0 Å². The third-order valence-corrected chi connectivity index (χ3v) is 6.44. The van der Waals surface area contributed by atoms with E-state index in [-0.39, 0.29) is 11.5 Å². The van der Waals surface area contributed by atoms with Crippen LogP contribution in [-0.2, 0) is 0 Å². The second kappa shape index (κ2) is 12.0. The predicted octanol–water partition coefficient (Wildman–Crippen LogP) is 7.87. The lowest BCUT2D eigenvalue weighted by molar-refractivity contribution is 0.470. The third kappa shape index (κ3) is 6.16. The molecule has 4 heteroatoms. The lowest BCUT2D eigenvalue weighted by atomic mass is 9.98. The number of aromatic hydroxyl groups is 2. The van der Waals surface area contributed by atoms with E-state index in [9.17, 15) is 10.2 Å². The van der Waals surface area contributed by atoms with Gasteiger partial charge in [-0.2, -0.15) is 0 Å². The summed E-state index contributed by atoms with van der Waals surface area (Å²) in [6.07, 6.45) is 7.00. The highest BCUT2D eigenvalue weighted by molar-refractivity contribution is 5.88. The van der Waals surface area contributed by atoms with Gasteiger partial charge in [0.05, 0.1) is 13.1 Å². The van der Waals surface area contributed by atoms with E-state index in [1.54, 1.807) is 12.4 Å². The summed E-state index contributed by atoms with van der Waals surface area (Å²) in [6.45, 7) is 12.3. The summed E-state index contributed by atoms with van der Waals surface area (Å²) in [5.74, 6) is 0.448. The van der Waals surface area contributed by atoms with E-state index in [2.05, 4.69) is 23.1 Å². The van der Waals surface area contributed by atoms with Crippen molar-refractivity contribution in [2.24, 2.45) is 9.98 Å². The van der Waals surface area contributed by atoms with Crippen molar-refractivity contribution in [3.8, 4) is 33.8 Å². The van der Waals surface area contributed by atoms with Crippen molar-refractivity contribution < 1.29 is 10.2 Å². The molecule has 0 unspecified atom stereocenters. The molecule has 4 nitrogen and oxygen atoms in total. The fraction of sp³-hybridized carbons (Fsp3) is 0.118. The zero-order chi connectivity index (χ0) is 27.1. The van der Waals surface area contributed by atoms with Gasteiger partial charge in [-0.05, 0) is 82.6 Å². The predicted molar refractivity (Wildman–Crippen MR) is 162 cm³/mol. The Morgan fingerprint density at radius 3 is 1.29 bits per heavy atom. The largest absolute Gasteiger partial charge is 0.507 e. The van der Waals surface area contributed by atoms with Crippen LogP contribution in [0.25, 0.3) is 34.4 Å². The molecule has 4 aromatic carbocycles. The van der Waals surface area contributed by atoms with Gasteiger partial charge < -0.3 is 10.2 Å². The van der Waals surface area contributed by atoms with Crippen LogP contribution in [0.2, 0.25) is 0 Å². The number of nitrogens with zero attached hydrogens (tertiary/aromatic N) is 2. The minimum atomic E-state index is 0.224. The van der Waals surface area contributed by atoms with Gasteiger partial charge in [0.1, 0.15) is 11.5 Å². The van der Waals surface area contributed by atoms with Crippen LogP contribution in [0.3, 0.4) is 0 Å². The number of rotatable bonds is 9. The first-order valence-corrected chi connectivity index (χ1v) is 12.5. The van der Waals surface area contributed by atoms with Crippen molar-refractivity contribution in [1.29, 1.82) is 0 Å². The first-order valence-electron chi connectivity index (χ1n) is 12.5. The lowest BCUT2D eigenvalue weighted by Crippen LogP contribution is -1.94. The zero-order valence-electron chi connectivity index (χ0n) is 21.9. The van der Waals surface area contributed by atoms with E-state index < -0.39 is 0 Å². The van der Waals surface area contributed by atoms with Crippen LogP contribution >= 0.6 is 0 Å². The molecule has 0 atom stereocenters. The molecule has 190 valence electrons. The normalized spacial score (nSPS) is 11.3. The van der Waals surface area contributed by atoms with Gasteiger partial charge in [0.25, 0.3) is 0 Å². The van der Waals surface area contributed by atoms with Crippen LogP contribution in [0.15, 0.2) is 95.9 Å². The highest BCUT2D eigenvalue weighted by Gasteiger charge is 2.08. The summed E-state index contributed by atoms with van der Waals surface area (Å²) in [4.78, 5) is 8.95. The van der Waals surface area contributed by atoms with Crippen molar-refractivity contribution in [1.82, 2.24) is 0 Å². The maximum Gasteiger partial charge on any atom is 0.127 e. The van der Waals surface area contributed by atoms with Gasteiger partial charge in [0.15, 0.2) is 0 Å². The molecule has 0 spiro atoms. The zero-order valence-corrected chi connectivity index (χ0v) is 21.9. The third-order valence-electron chi connectivity index (χ3n) is 6.44. The Morgan fingerprint density at radius 2 is 0.947 bits per heavy atom. The van der Waals surface area contributed by atoms with Crippen molar-refractivity contribution in [3.63, 3.8) is 0 Å². The van der Waals surface area contributed by atoms with E-state index in [0.717, 1.165) is 44.5 Å². The average Bonchev–Trinajstić information content (AvgIpc) is 2.94. The van der Waals surface area contributed by atoms with Crippen LogP contribution in [0.1, 0.15) is 33.4 Å². The number of aliphatic imine (C=N–C) groups is 2. The second-order valence-electron chi connectivity index (χ2n) is 9.18. The van der Waals surface area contributed by atoms with Crippen molar-refractivity contribution in [2.45, 2.75) is 13.8 Å². The summed E-state index contributed by atoms with van der Waals surface area (Å²) >= 11 is 0. The number of phenolic OH excluding ortho intramolecular Hbond substituents is 2. The molecule has 4 rings (SSSR count). The maximum absolute atomic E-state index is 10.5. The number of phenols is 2. The van der Waals surface area contributed by atoms with E-state index in [1.807, 2.05) is 98.8 Å². The monoisotopic (exact) mass is 500 g/mol. The molecule has 0 aliphatic rings. The fourth-order valence-electron chi connectivity index (χ4n) is 4.21. The van der Waals surface area contributed by atoms with Gasteiger partial charge in [-0.15, -0.1) is 0 Å². The van der Waals surface area contributed by atoms with Crippen LogP contribution in [0, 0.1) is 13.8 Å². The maximum atomic E-state index is 10.5. The molecule has 0 amide bonds. The fourth-order valence-corrected chi connectivity index (χ4v) is 4.21. The van der Waals surface area contributed by atoms with Crippen molar-refractivity contribution >= 4 is 24.6 Å². The number of hydrogen-bond acceptors (Lipinski definition) is 4. The molecule has 0 saturated carbocycles. The molecule has 0 fully saturated rings. The van der Waals surface area contributed by atoms with E-state index >= 15 is 0 Å². The average molecular weight is 501 g/mol. The van der Waals surface area contributed by atoms with Crippen molar-refractivity contribution in [2.75, 3.05) is 13.1 Å². The molecule has 0 aromatic heterocycles. The summed E-state index contributed by atoms with van der Waals surface area (Å²) < 4.78 is 0. The molecule has 0 heterocycles.